The molecule has 0 bridgehead atoms. The summed E-state index contributed by atoms with van der Waals surface area (Å²) in [5.74, 6) is 0.530. The second-order valence-electron chi connectivity index (χ2n) is 6.82. The van der Waals surface area contributed by atoms with Crippen LogP contribution < -0.4 is 15.9 Å². The summed E-state index contributed by atoms with van der Waals surface area (Å²) in [6.07, 6.45) is 3.29. The zero-order valence-corrected chi connectivity index (χ0v) is 16.3. The molecule has 2 aromatic rings. The van der Waals surface area contributed by atoms with Crippen LogP contribution in [-0.2, 0) is 17.6 Å². The van der Waals surface area contributed by atoms with Gasteiger partial charge >= 0.3 is 0 Å². The van der Waals surface area contributed by atoms with E-state index in [1.807, 2.05) is 25.1 Å². The van der Waals surface area contributed by atoms with Crippen molar-refractivity contribution >= 4 is 28.9 Å². The van der Waals surface area contributed by atoms with Crippen molar-refractivity contribution in [1.82, 2.24) is 5.43 Å². The Morgan fingerprint density at radius 2 is 2.07 bits per heavy atom. The number of benzene rings is 1. The fourth-order valence-electron chi connectivity index (χ4n) is 2.98. The Kier molecular flexibility index (Phi) is 5.91. The van der Waals surface area contributed by atoms with E-state index in [1.165, 1.54) is 16.9 Å². The first-order valence-corrected chi connectivity index (χ1v) is 9.71. The lowest BCUT2D eigenvalue weighted by Gasteiger charge is -2.16. The highest BCUT2D eigenvalue weighted by Gasteiger charge is 2.20. The standard InChI is InChI=1S/C20H23N3O3S/c1-12-3-4-15-10-18(27-17(15)9-12)20(25)23-22-13(2)14-5-7-16(8-6-14)26-11-19(21)24/h5-8,10,12H,3-4,9,11H2,1-2H3,(H2,21,24)(H,23,25). The Bertz CT molecular complexity index is 871. The molecule has 7 heteroatoms. The lowest BCUT2D eigenvalue weighted by atomic mass is 9.90. The van der Waals surface area contributed by atoms with E-state index in [1.54, 1.807) is 23.5 Å². The number of fused-ring (bicyclic) bond motifs is 1. The van der Waals surface area contributed by atoms with E-state index in [-0.39, 0.29) is 12.5 Å². The van der Waals surface area contributed by atoms with Crippen molar-refractivity contribution in [1.29, 1.82) is 0 Å². The van der Waals surface area contributed by atoms with Crippen LogP contribution in [0.25, 0.3) is 0 Å². The smallest absolute Gasteiger partial charge is 0.281 e. The minimum absolute atomic E-state index is 0.161. The molecule has 0 saturated heterocycles. The predicted octanol–water partition coefficient (Wildman–Crippen LogP) is 2.89. The molecule has 1 aliphatic rings. The molecule has 1 aromatic heterocycles. The minimum atomic E-state index is -0.524. The van der Waals surface area contributed by atoms with E-state index < -0.39 is 5.91 Å². The molecule has 1 heterocycles. The number of ether oxygens (including phenoxy) is 1. The molecule has 0 radical (unpaired) electrons. The molecule has 1 unspecified atom stereocenters. The van der Waals surface area contributed by atoms with E-state index in [2.05, 4.69) is 17.5 Å². The molecule has 0 spiro atoms. The summed E-state index contributed by atoms with van der Waals surface area (Å²) in [5, 5.41) is 4.20. The van der Waals surface area contributed by atoms with Gasteiger partial charge in [-0.25, -0.2) is 5.43 Å². The van der Waals surface area contributed by atoms with Crippen LogP contribution in [0.5, 0.6) is 5.75 Å². The zero-order valence-electron chi connectivity index (χ0n) is 15.5. The lowest BCUT2D eigenvalue weighted by molar-refractivity contribution is -0.119. The van der Waals surface area contributed by atoms with Crippen molar-refractivity contribution in [3.63, 3.8) is 0 Å². The molecule has 1 aliphatic carbocycles. The summed E-state index contributed by atoms with van der Waals surface area (Å²) >= 11 is 1.57. The Morgan fingerprint density at radius 3 is 2.78 bits per heavy atom. The SMILES string of the molecule is CC(=NNC(=O)c1cc2c(s1)CC(C)CC2)c1ccc(OCC(N)=O)cc1. The molecule has 0 aliphatic heterocycles. The minimum Gasteiger partial charge on any atom is -0.484 e. The summed E-state index contributed by atoms with van der Waals surface area (Å²) in [6, 6.07) is 9.08. The second-order valence-corrected chi connectivity index (χ2v) is 7.96. The van der Waals surface area contributed by atoms with Crippen LogP contribution in [0.15, 0.2) is 35.4 Å². The highest BCUT2D eigenvalue weighted by Crippen LogP contribution is 2.32. The van der Waals surface area contributed by atoms with E-state index >= 15 is 0 Å². The molecule has 0 fully saturated rings. The van der Waals surface area contributed by atoms with Gasteiger partial charge < -0.3 is 10.5 Å². The number of nitrogens with two attached hydrogens (primary N) is 1. The number of hydrazone groups is 1. The Labute approximate surface area is 162 Å². The van der Waals surface area contributed by atoms with Crippen LogP contribution in [0.4, 0.5) is 0 Å². The van der Waals surface area contributed by atoms with Gasteiger partial charge in [-0.15, -0.1) is 11.3 Å². The van der Waals surface area contributed by atoms with Crippen molar-refractivity contribution in [3.8, 4) is 5.75 Å². The quantitative estimate of drug-likeness (QED) is 0.591. The van der Waals surface area contributed by atoms with Crippen molar-refractivity contribution in [2.24, 2.45) is 16.8 Å². The van der Waals surface area contributed by atoms with E-state index in [0.29, 0.717) is 22.3 Å². The maximum absolute atomic E-state index is 12.4. The molecular formula is C20H23N3O3S. The van der Waals surface area contributed by atoms with Crippen LogP contribution in [0.2, 0.25) is 0 Å². The van der Waals surface area contributed by atoms with Gasteiger partial charge in [-0.3, -0.25) is 9.59 Å². The maximum atomic E-state index is 12.4. The molecule has 1 atom stereocenters. The Balaban J connectivity index is 1.61. The van der Waals surface area contributed by atoms with Crippen LogP contribution in [0, 0.1) is 5.92 Å². The second kappa shape index (κ2) is 8.35. The number of rotatable bonds is 6. The highest BCUT2D eigenvalue weighted by atomic mass is 32.1. The topological polar surface area (TPSA) is 93.8 Å². The average molecular weight is 385 g/mol. The number of hydrogen-bond donors (Lipinski definition) is 2. The molecular weight excluding hydrogens is 362 g/mol. The Morgan fingerprint density at radius 1 is 1.33 bits per heavy atom. The van der Waals surface area contributed by atoms with Gasteiger partial charge in [0.1, 0.15) is 5.75 Å². The first kappa shape index (κ1) is 19.1. The molecule has 6 nitrogen and oxygen atoms in total. The van der Waals surface area contributed by atoms with Gasteiger partial charge in [0.05, 0.1) is 10.6 Å². The molecule has 27 heavy (non-hydrogen) atoms. The third-order valence-electron chi connectivity index (χ3n) is 4.54. The highest BCUT2D eigenvalue weighted by molar-refractivity contribution is 7.14. The number of carbonyl (C=O) groups excluding carboxylic acids is 2. The van der Waals surface area contributed by atoms with Crippen molar-refractivity contribution in [2.75, 3.05) is 6.61 Å². The van der Waals surface area contributed by atoms with Crippen molar-refractivity contribution in [3.05, 3.63) is 51.2 Å². The summed E-state index contributed by atoms with van der Waals surface area (Å²) in [7, 11) is 0. The van der Waals surface area contributed by atoms with Gasteiger partial charge in [0.25, 0.3) is 11.8 Å². The third kappa shape index (κ3) is 4.95. The fourth-order valence-corrected chi connectivity index (χ4v) is 4.25. The number of nitrogens with zero attached hydrogens (tertiary/aromatic N) is 1. The summed E-state index contributed by atoms with van der Waals surface area (Å²) in [4.78, 5) is 25.2. The van der Waals surface area contributed by atoms with Crippen molar-refractivity contribution < 1.29 is 14.3 Å². The first-order valence-electron chi connectivity index (χ1n) is 8.90. The van der Waals surface area contributed by atoms with Gasteiger partial charge in [0, 0.05) is 4.88 Å². The third-order valence-corrected chi connectivity index (χ3v) is 5.74. The van der Waals surface area contributed by atoms with Crippen LogP contribution in [0.1, 0.15) is 45.9 Å². The molecule has 2 amide bonds. The summed E-state index contributed by atoms with van der Waals surface area (Å²) in [5.41, 5.74) is 10.5. The van der Waals surface area contributed by atoms with Gasteiger partial charge in [0.2, 0.25) is 0 Å². The number of primary amides is 1. The normalized spacial score (nSPS) is 16.5. The lowest BCUT2D eigenvalue weighted by Crippen LogP contribution is -2.20. The fraction of sp³-hybridized carbons (Fsp3) is 0.350. The van der Waals surface area contributed by atoms with Gasteiger partial charge in [-0.2, -0.15) is 5.10 Å². The van der Waals surface area contributed by atoms with Gasteiger partial charge in [-0.1, -0.05) is 6.92 Å². The summed E-state index contributed by atoms with van der Waals surface area (Å²) < 4.78 is 5.22. The Hall–Kier alpha value is -2.67. The maximum Gasteiger partial charge on any atom is 0.281 e. The van der Waals surface area contributed by atoms with E-state index in [4.69, 9.17) is 10.5 Å². The average Bonchev–Trinajstić information content (AvgIpc) is 3.07. The van der Waals surface area contributed by atoms with Crippen LogP contribution >= 0.6 is 11.3 Å². The molecule has 3 N–H and O–H groups in total. The number of nitrogens with one attached hydrogen (secondary N) is 1. The molecule has 142 valence electrons. The number of aryl methyl sites for hydroxylation is 1. The molecule has 0 saturated carbocycles. The predicted molar refractivity (Wildman–Crippen MR) is 106 cm³/mol. The zero-order chi connectivity index (χ0) is 19.4. The van der Waals surface area contributed by atoms with E-state index in [0.717, 1.165) is 18.4 Å². The van der Waals surface area contributed by atoms with E-state index in [9.17, 15) is 9.59 Å². The monoisotopic (exact) mass is 385 g/mol. The summed E-state index contributed by atoms with van der Waals surface area (Å²) in [6.45, 7) is 3.91. The largest absolute Gasteiger partial charge is 0.484 e. The first-order chi connectivity index (χ1) is 12.9. The van der Waals surface area contributed by atoms with Gasteiger partial charge in [0.15, 0.2) is 6.61 Å². The number of hydrogen-bond acceptors (Lipinski definition) is 5. The van der Waals surface area contributed by atoms with Crippen LogP contribution in [0.3, 0.4) is 0 Å². The van der Waals surface area contributed by atoms with Crippen LogP contribution in [-0.4, -0.2) is 24.1 Å². The number of amides is 2. The molecule has 1 aromatic carbocycles. The number of thiophene rings is 1. The van der Waals surface area contributed by atoms with Crippen molar-refractivity contribution in [2.45, 2.75) is 33.1 Å². The number of carbonyl (C=O) groups is 2. The van der Waals surface area contributed by atoms with Gasteiger partial charge in [-0.05, 0) is 73.6 Å². The molecule has 3 rings (SSSR count).